The molecule has 2 heterocycles. The Kier molecular flexibility index (Phi) is 3.35. The fourth-order valence-corrected chi connectivity index (χ4v) is 2.23. The van der Waals surface area contributed by atoms with Gasteiger partial charge < -0.3 is 14.5 Å². The molecular weight excluding hydrogens is 242 g/mol. The number of hydrogen-bond acceptors (Lipinski definition) is 5. The molecule has 1 aromatic carbocycles. The third-order valence-electron chi connectivity index (χ3n) is 3.20. The van der Waals surface area contributed by atoms with Gasteiger partial charge in [0.2, 0.25) is 5.89 Å². The summed E-state index contributed by atoms with van der Waals surface area (Å²) in [6.07, 6.45) is 3.01. The predicted molar refractivity (Wildman–Crippen MR) is 71.3 cm³/mol. The van der Waals surface area contributed by atoms with Gasteiger partial charge in [-0.1, -0.05) is 19.1 Å². The number of aromatic nitrogens is 2. The van der Waals surface area contributed by atoms with Gasteiger partial charge in [0.1, 0.15) is 5.75 Å². The summed E-state index contributed by atoms with van der Waals surface area (Å²) in [5.74, 6) is 2.02. The van der Waals surface area contributed by atoms with Gasteiger partial charge in [0.05, 0.1) is 5.69 Å². The molecule has 1 aliphatic heterocycles. The summed E-state index contributed by atoms with van der Waals surface area (Å²) >= 11 is 0. The molecule has 0 saturated heterocycles. The van der Waals surface area contributed by atoms with Gasteiger partial charge in [-0.15, -0.1) is 10.2 Å². The van der Waals surface area contributed by atoms with Gasteiger partial charge in [-0.25, -0.2) is 0 Å². The third-order valence-corrected chi connectivity index (χ3v) is 3.20. The molecular formula is C14H17N3O2. The Morgan fingerprint density at radius 1 is 1.32 bits per heavy atom. The summed E-state index contributed by atoms with van der Waals surface area (Å²) < 4.78 is 11.2. The highest BCUT2D eigenvalue weighted by atomic mass is 16.5. The summed E-state index contributed by atoms with van der Waals surface area (Å²) in [4.78, 5) is 0. The Hall–Kier alpha value is -2.04. The van der Waals surface area contributed by atoms with Crippen molar-refractivity contribution in [3.63, 3.8) is 0 Å². The van der Waals surface area contributed by atoms with E-state index in [2.05, 4.69) is 21.6 Å². The predicted octanol–water partition coefficient (Wildman–Crippen LogP) is 2.57. The molecule has 0 saturated carbocycles. The van der Waals surface area contributed by atoms with E-state index in [0.29, 0.717) is 18.4 Å². The van der Waals surface area contributed by atoms with Crippen molar-refractivity contribution >= 4 is 5.69 Å². The first kappa shape index (κ1) is 12.0. The Morgan fingerprint density at radius 2 is 2.21 bits per heavy atom. The van der Waals surface area contributed by atoms with Gasteiger partial charge in [0.25, 0.3) is 5.89 Å². The third kappa shape index (κ3) is 2.54. The van der Waals surface area contributed by atoms with E-state index in [4.69, 9.17) is 9.15 Å². The maximum Gasteiger partial charge on any atom is 0.253 e. The Morgan fingerprint density at radius 3 is 3.05 bits per heavy atom. The number of nitrogens with one attached hydrogen (secondary N) is 1. The summed E-state index contributed by atoms with van der Waals surface area (Å²) in [7, 11) is 0. The van der Waals surface area contributed by atoms with Crippen LogP contribution in [0.1, 0.15) is 30.7 Å². The van der Waals surface area contributed by atoms with Crippen molar-refractivity contribution < 1.29 is 9.15 Å². The number of anilines is 1. The number of fused-ring (bicyclic) bond motifs is 1. The molecule has 0 radical (unpaired) electrons. The normalized spacial score (nSPS) is 13.7. The molecule has 100 valence electrons. The highest BCUT2D eigenvalue weighted by Gasteiger charge is 2.14. The second-order valence-electron chi connectivity index (χ2n) is 4.55. The van der Waals surface area contributed by atoms with Gasteiger partial charge in [0, 0.05) is 13.0 Å². The molecule has 1 N–H and O–H groups in total. The van der Waals surface area contributed by atoms with E-state index in [9.17, 15) is 0 Å². The average Bonchev–Trinajstić information content (AvgIpc) is 2.93. The van der Waals surface area contributed by atoms with E-state index in [1.807, 2.05) is 19.1 Å². The summed E-state index contributed by atoms with van der Waals surface area (Å²) in [5, 5.41) is 11.3. The number of aryl methyl sites for hydroxylation is 2. The fraction of sp³-hybridized carbons (Fsp3) is 0.429. The lowest BCUT2D eigenvalue weighted by Crippen LogP contribution is -2.13. The van der Waals surface area contributed by atoms with Crippen LogP contribution in [0.3, 0.4) is 0 Å². The molecule has 1 aromatic heterocycles. The average molecular weight is 259 g/mol. The van der Waals surface area contributed by atoms with Gasteiger partial charge in [-0.2, -0.15) is 0 Å². The van der Waals surface area contributed by atoms with Crippen LogP contribution in [-0.4, -0.2) is 16.7 Å². The number of benzene rings is 1. The molecule has 0 aliphatic carbocycles. The van der Waals surface area contributed by atoms with Gasteiger partial charge in [0.15, 0.2) is 6.61 Å². The van der Waals surface area contributed by atoms with Crippen molar-refractivity contribution in [1.29, 1.82) is 0 Å². The van der Waals surface area contributed by atoms with Crippen LogP contribution in [0.4, 0.5) is 5.69 Å². The van der Waals surface area contributed by atoms with Crippen molar-refractivity contribution in [2.24, 2.45) is 0 Å². The van der Waals surface area contributed by atoms with Crippen molar-refractivity contribution in [1.82, 2.24) is 10.2 Å². The van der Waals surface area contributed by atoms with Crippen LogP contribution < -0.4 is 10.1 Å². The van der Waals surface area contributed by atoms with Crippen LogP contribution in [0.2, 0.25) is 0 Å². The van der Waals surface area contributed by atoms with E-state index in [0.717, 1.165) is 30.8 Å². The molecule has 0 spiro atoms. The number of rotatable bonds is 4. The van der Waals surface area contributed by atoms with E-state index in [1.54, 1.807) is 0 Å². The first-order chi connectivity index (χ1) is 9.36. The van der Waals surface area contributed by atoms with Gasteiger partial charge in [-0.3, -0.25) is 0 Å². The molecule has 3 rings (SSSR count). The quantitative estimate of drug-likeness (QED) is 0.914. The minimum Gasteiger partial charge on any atom is -0.482 e. The van der Waals surface area contributed by atoms with E-state index in [-0.39, 0.29) is 0 Å². The van der Waals surface area contributed by atoms with Crippen molar-refractivity contribution in [3.05, 3.63) is 35.5 Å². The highest BCUT2D eigenvalue weighted by molar-refractivity contribution is 5.63. The van der Waals surface area contributed by atoms with Crippen LogP contribution in [0, 0.1) is 0 Å². The number of para-hydroxylation sites is 1. The zero-order chi connectivity index (χ0) is 13.1. The maximum absolute atomic E-state index is 5.79. The number of nitrogens with zero attached hydrogens (tertiary/aromatic N) is 2. The highest BCUT2D eigenvalue weighted by Crippen LogP contribution is 2.32. The van der Waals surface area contributed by atoms with E-state index in [1.165, 1.54) is 12.0 Å². The van der Waals surface area contributed by atoms with Crippen molar-refractivity contribution in [2.45, 2.75) is 32.8 Å². The Balaban J connectivity index is 1.73. The summed E-state index contributed by atoms with van der Waals surface area (Å²) in [5.41, 5.74) is 2.41. The SMILES string of the molecule is CCc1nnc(COc2cccc3c2NCCC3)o1. The topological polar surface area (TPSA) is 60.2 Å². The monoisotopic (exact) mass is 259 g/mol. The molecule has 0 fully saturated rings. The molecule has 5 heteroatoms. The summed E-state index contributed by atoms with van der Waals surface area (Å²) in [6, 6.07) is 6.12. The molecule has 5 nitrogen and oxygen atoms in total. The van der Waals surface area contributed by atoms with Crippen LogP contribution in [0.15, 0.2) is 22.6 Å². The van der Waals surface area contributed by atoms with Gasteiger partial charge >= 0.3 is 0 Å². The minimum absolute atomic E-state index is 0.311. The summed E-state index contributed by atoms with van der Waals surface area (Å²) in [6.45, 7) is 3.29. The second-order valence-corrected chi connectivity index (χ2v) is 4.55. The lowest BCUT2D eigenvalue weighted by molar-refractivity contribution is 0.260. The fourth-order valence-electron chi connectivity index (χ4n) is 2.23. The maximum atomic E-state index is 5.79. The molecule has 0 unspecified atom stereocenters. The van der Waals surface area contributed by atoms with Crippen LogP contribution in [-0.2, 0) is 19.4 Å². The molecule has 0 atom stereocenters. The molecule has 0 amide bonds. The minimum atomic E-state index is 0.311. The van der Waals surface area contributed by atoms with E-state index < -0.39 is 0 Å². The van der Waals surface area contributed by atoms with Gasteiger partial charge in [-0.05, 0) is 24.5 Å². The number of ether oxygens (including phenoxy) is 1. The smallest absolute Gasteiger partial charge is 0.253 e. The van der Waals surface area contributed by atoms with Crippen molar-refractivity contribution in [2.75, 3.05) is 11.9 Å². The molecule has 19 heavy (non-hydrogen) atoms. The Bertz CT molecular complexity index is 566. The second kappa shape index (κ2) is 5.30. The van der Waals surface area contributed by atoms with Crippen LogP contribution in [0.5, 0.6) is 5.75 Å². The lowest BCUT2D eigenvalue weighted by Gasteiger charge is -2.20. The largest absolute Gasteiger partial charge is 0.482 e. The number of hydrogen-bond donors (Lipinski definition) is 1. The molecule has 1 aliphatic rings. The zero-order valence-electron chi connectivity index (χ0n) is 11.0. The van der Waals surface area contributed by atoms with Crippen LogP contribution in [0.25, 0.3) is 0 Å². The zero-order valence-corrected chi connectivity index (χ0v) is 11.0. The first-order valence-electron chi connectivity index (χ1n) is 6.66. The first-order valence-corrected chi connectivity index (χ1v) is 6.66. The molecule has 0 bridgehead atoms. The van der Waals surface area contributed by atoms with Crippen molar-refractivity contribution in [3.8, 4) is 5.75 Å². The van der Waals surface area contributed by atoms with E-state index >= 15 is 0 Å². The van der Waals surface area contributed by atoms with Crippen LogP contribution >= 0.6 is 0 Å². The lowest BCUT2D eigenvalue weighted by atomic mass is 10.0. The Labute approximate surface area is 112 Å². The molecule has 2 aromatic rings. The standard InChI is InChI=1S/C14H17N3O2/c1-2-12-16-17-13(19-12)9-18-11-7-3-5-10-6-4-8-15-14(10)11/h3,5,7,15H,2,4,6,8-9H2,1H3.